The van der Waals surface area contributed by atoms with E-state index in [-0.39, 0.29) is 0 Å². The van der Waals surface area contributed by atoms with E-state index in [9.17, 15) is 4.79 Å². The Hall–Kier alpha value is -1.89. The number of benzene rings is 2. The summed E-state index contributed by atoms with van der Waals surface area (Å²) >= 11 is -1.39. The van der Waals surface area contributed by atoms with E-state index >= 15 is 0 Å². The SMILES string of the molecule is CC.Cc1ccc(Cn2c(CN3CCI(C)C3=O)nc3ccccc32)cc1. The first-order valence-electron chi connectivity index (χ1n) is 9.46. The van der Waals surface area contributed by atoms with Crippen LogP contribution in [0, 0.1) is 6.92 Å². The summed E-state index contributed by atoms with van der Waals surface area (Å²) in [5.74, 6) is 0.987. The van der Waals surface area contributed by atoms with Gasteiger partial charge in [0.1, 0.15) is 0 Å². The van der Waals surface area contributed by atoms with Gasteiger partial charge in [-0.05, 0) is 0 Å². The zero-order chi connectivity index (χ0) is 19.4. The van der Waals surface area contributed by atoms with Gasteiger partial charge < -0.3 is 0 Å². The summed E-state index contributed by atoms with van der Waals surface area (Å²) in [7, 11) is 0. The predicted octanol–water partition coefficient (Wildman–Crippen LogP) is 5.49. The van der Waals surface area contributed by atoms with Crippen LogP contribution < -0.4 is 0 Å². The molecule has 1 saturated heterocycles. The van der Waals surface area contributed by atoms with Crippen LogP contribution in [-0.4, -0.2) is 34.3 Å². The number of halogens is 1. The summed E-state index contributed by atoms with van der Waals surface area (Å²) in [6.07, 6.45) is 0. The zero-order valence-electron chi connectivity index (χ0n) is 16.6. The number of carbonyl (C=O) groups excluding carboxylic acids is 1. The maximum absolute atomic E-state index is 12.4. The molecule has 0 aliphatic carbocycles. The molecule has 0 spiro atoms. The molecule has 1 fully saturated rings. The Morgan fingerprint density at radius 1 is 1.04 bits per heavy atom. The maximum atomic E-state index is 12.4. The van der Waals surface area contributed by atoms with Crippen LogP contribution in [0.2, 0.25) is 0 Å². The molecule has 0 atom stereocenters. The Labute approximate surface area is 169 Å². The second-order valence-corrected chi connectivity index (χ2v) is 11.9. The van der Waals surface area contributed by atoms with Crippen LogP contribution >= 0.6 is 19.8 Å². The second-order valence-electron chi connectivity index (χ2n) is 6.54. The fraction of sp³-hybridized carbons (Fsp3) is 0.364. The number of amides is 1. The molecule has 4 rings (SSSR count). The summed E-state index contributed by atoms with van der Waals surface area (Å²) in [6.45, 7) is 8.41. The van der Waals surface area contributed by atoms with Crippen molar-refractivity contribution in [2.75, 3.05) is 15.9 Å². The van der Waals surface area contributed by atoms with Crippen LogP contribution in [0.4, 0.5) is 4.79 Å². The van der Waals surface area contributed by atoms with Crippen molar-refractivity contribution in [3.8, 4) is 0 Å². The molecule has 0 unspecified atom stereocenters. The first kappa shape index (κ1) is 19.9. The van der Waals surface area contributed by atoms with E-state index in [2.05, 4.69) is 58.9 Å². The molecule has 0 saturated carbocycles. The topological polar surface area (TPSA) is 38.1 Å². The predicted molar refractivity (Wildman–Crippen MR) is 122 cm³/mol. The number of para-hydroxylation sites is 2. The van der Waals surface area contributed by atoms with Gasteiger partial charge in [-0.3, -0.25) is 0 Å². The molecule has 0 radical (unpaired) electrons. The van der Waals surface area contributed by atoms with Crippen molar-refractivity contribution < 1.29 is 4.79 Å². The third-order valence-corrected chi connectivity index (χ3v) is 9.05. The number of hydrogen-bond donors (Lipinski definition) is 0. The fourth-order valence-electron chi connectivity index (χ4n) is 3.21. The van der Waals surface area contributed by atoms with E-state index in [1.165, 1.54) is 11.1 Å². The Morgan fingerprint density at radius 2 is 1.74 bits per heavy atom. The molecule has 0 bridgehead atoms. The quantitative estimate of drug-likeness (QED) is 0.216. The number of aryl methyl sites for hydroxylation is 1. The fourth-order valence-corrected chi connectivity index (χ4v) is 6.56. The third-order valence-electron chi connectivity index (χ3n) is 4.69. The first-order valence-corrected chi connectivity index (χ1v) is 14.2. The molecule has 0 N–H and O–H groups in total. The first-order chi connectivity index (χ1) is 13.1. The minimum absolute atomic E-state index is 0.401. The minimum atomic E-state index is -1.39. The molecule has 2 heterocycles. The monoisotopic (exact) mass is 477 g/mol. The van der Waals surface area contributed by atoms with Crippen LogP contribution in [0.3, 0.4) is 0 Å². The Kier molecular flexibility index (Phi) is 6.52. The van der Waals surface area contributed by atoms with Crippen molar-refractivity contribution in [2.45, 2.75) is 33.9 Å². The van der Waals surface area contributed by atoms with Crippen LogP contribution in [0.5, 0.6) is 0 Å². The molecule has 4 nitrogen and oxygen atoms in total. The Morgan fingerprint density at radius 3 is 2.41 bits per heavy atom. The molecule has 27 heavy (non-hydrogen) atoms. The van der Waals surface area contributed by atoms with Gasteiger partial charge in [0.15, 0.2) is 0 Å². The molecule has 2 aromatic carbocycles. The second kappa shape index (κ2) is 8.87. The van der Waals surface area contributed by atoms with Crippen molar-refractivity contribution in [3.63, 3.8) is 0 Å². The molecule has 144 valence electrons. The van der Waals surface area contributed by atoms with Gasteiger partial charge in [-0.2, -0.15) is 0 Å². The molecule has 3 aromatic rings. The summed E-state index contributed by atoms with van der Waals surface area (Å²) < 4.78 is 3.76. The summed E-state index contributed by atoms with van der Waals surface area (Å²) in [6, 6.07) is 16.9. The van der Waals surface area contributed by atoms with E-state index in [1.807, 2.05) is 24.8 Å². The van der Waals surface area contributed by atoms with Crippen molar-refractivity contribution in [3.05, 3.63) is 65.5 Å². The van der Waals surface area contributed by atoms with Crippen LogP contribution in [0.25, 0.3) is 11.0 Å². The van der Waals surface area contributed by atoms with E-state index in [4.69, 9.17) is 4.98 Å². The molecular weight excluding hydrogens is 449 g/mol. The Bertz CT molecular complexity index is 917. The van der Waals surface area contributed by atoms with Crippen LogP contribution in [0.1, 0.15) is 30.8 Å². The summed E-state index contributed by atoms with van der Waals surface area (Å²) in [4.78, 5) is 21.4. The summed E-state index contributed by atoms with van der Waals surface area (Å²) in [5.41, 5.74) is 4.66. The molecular formula is C22H28IN3O. The Balaban J connectivity index is 0.00000102. The van der Waals surface area contributed by atoms with Gasteiger partial charge in [-0.25, -0.2) is 0 Å². The molecule has 1 aliphatic rings. The van der Waals surface area contributed by atoms with Crippen molar-refractivity contribution in [1.82, 2.24) is 14.5 Å². The van der Waals surface area contributed by atoms with Gasteiger partial charge in [0.2, 0.25) is 0 Å². The average molecular weight is 477 g/mol. The van der Waals surface area contributed by atoms with Gasteiger partial charge in [-0.15, -0.1) is 0 Å². The molecule has 5 heteroatoms. The van der Waals surface area contributed by atoms with Gasteiger partial charge >= 0.3 is 155 Å². The molecule has 1 aromatic heterocycles. The van der Waals surface area contributed by atoms with Gasteiger partial charge in [0, 0.05) is 0 Å². The van der Waals surface area contributed by atoms with Crippen molar-refractivity contribution in [1.29, 1.82) is 0 Å². The van der Waals surface area contributed by atoms with Gasteiger partial charge in [-0.1, -0.05) is 13.8 Å². The number of imidazole rings is 1. The van der Waals surface area contributed by atoms with E-state index < -0.39 is 19.8 Å². The number of hydrogen-bond acceptors (Lipinski definition) is 2. The number of rotatable bonds is 4. The van der Waals surface area contributed by atoms with Gasteiger partial charge in [0.05, 0.1) is 0 Å². The number of aromatic nitrogens is 2. The summed E-state index contributed by atoms with van der Waals surface area (Å²) in [5, 5.41) is 0. The van der Waals surface area contributed by atoms with Crippen LogP contribution in [0.15, 0.2) is 48.5 Å². The number of nitrogens with zero attached hydrogens (tertiary/aromatic N) is 3. The van der Waals surface area contributed by atoms with E-state index in [0.29, 0.717) is 10.5 Å². The number of alkyl halides is 2. The van der Waals surface area contributed by atoms with Crippen LogP contribution in [-0.2, 0) is 13.1 Å². The standard InChI is InChI=1S/C20H22IN3O.C2H6/c1-15-7-9-16(10-8-15)13-24-18-6-4-3-5-17(18)22-19(24)14-23-12-11-21(2)20(23)25;1-2/h3-10H,11-14H2,1-2H3;1-2H3. The molecule has 1 amide bonds. The van der Waals surface area contributed by atoms with Crippen molar-refractivity contribution in [2.24, 2.45) is 0 Å². The average Bonchev–Trinajstić information content (AvgIpc) is 3.20. The zero-order valence-corrected chi connectivity index (χ0v) is 18.7. The molecule has 1 aliphatic heterocycles. The normalized spacial score (nSPS) is 15.2. The number of fused-ring (bicyclic) bond motifs is 1. The van der Waals surface area contributed by atoms with Gasteiger partial charge in [0.25, 0.3) is 0 Å². The third kappa shape index (κ3) is 4.34. The number of carbonyl (C=O) groups is 1. The van der Waals surface area contributed by atoms with E-state index in [1.54, 1.807) is 0 Å². The van der Waals surface area contributed by atoms with Crippen molar-refractivity contribution >= 4 is 34.8 Å². The van der Waals surface area contributed by atoms with E-state index in [0.717, 1.165) is 34.4 Å².